The molecular weight excluding hydrogens is 837 g/mol. The van der Waals surface area contributed by atoms with Crippen LogP contribution in [0.4, 0.5) is 0 Å². The Hall–Kier alpha value is -6.28. The van der Waals surface area contributed by atoms with Gasteiger partial charge in [-0.15, -0.1) is 33.7 Å². The molecule has 0 fully saturated rings. The van der Waals surface area contributed by atoms with Crippen LogP contribution in [0.2, 0.25) is 0 Å². The Balaban J connectivity index is 0.000000124. The smallest absolute Gasteiger partial charge is 0.159 e. The zero-order valence-corrected chi connectivity index (χ0v) is 31.0. The first-order valence-electron chi connectivity index (χ1n) is 17.0. The summed E-state index contributed by atoms with van der Waals surface area (Å²) in [7, 11) is 0. The standard InChI is InChI=1S/2C16H10N3.C12H12O2.Ir/c2*1-2-8-13-12(6-1)7-5-11-16(13)19-17-14-9-3-4-10-15(14)18-19;1-8(13)10-7-6-9-4-2-3-5-11(9)12(10)14;/h2*1-10H;2-5,14H,6-7H2,1H3;/q2*-1;;. The summed E-state index contributed by atoms with van der Waals surface area (Å²) < 4.78 is 0. The third-order valence-corrected chi connectivity index (χ3v) is 9.00. The Morgan fingerprint density at radius 1 is 0.566 bits per heavy atom. The number of hydrogen-bond donors (Lipinski definition) is 1. The number of benzene rings is 7. The number of carbonyl (C=O) groups excluding carboxylic acids is 1. The molecule has 0 spiro atoms. The number of aliphatic hydroxyl groups excluding tert-OH is 1. The molecule has 0 aliphatic heterocycles. The van der Waals surface area contributed by atoms with Crippen molar-refractivity contribution in [1.29, 1.82) is 0 Å². The zero-order chi connectivity index (χ0) is 35.4. The van der Waals surface area contributed by atoms with Gasteiger partial charge in [-0.2, -0.15) is 66.4 Å². The summed E-state index contributed by atoms with van der Waals surface area (Å²) in [4.78, 5) is 14.5. The quantitative estimate of drug-likeness (QED) is 0.178. The van der Waals surface area contributed by atoms with Gasteiger partial charge in [-0.1, -0.05) is 84.9 Å². The van der Waals surface area contributed by atoms with Gasteiger partial charge in [0.1, 0.15) is 27.8 Å². The average Bonchev–Trinajstić information content (AvgIpc) is 3.83. The maximum absolute atomic E-state index is 11.2. The third-order valence-electron chi connectivity index (χ3n) is 9.00. The molecule has 2 aromatic heterocycles. The van der Waals surface area contributed by atoms with Gasteiger partial charge in [0.2, 0.25) is 0 Å². The van der Waals surface area contributed by atoms with Gasteiger partial charge in [0.15, 0.2) is 5.78 Å². The fraction of sp³-hybridized carbons (Fsp3) is 0.0682. The van der Waals surface area contributed by atoms with Crippen molar-refractivity contribution in [1.82, 2.24) is 30.0 Å². The van der Waals surface area contributed by atoms with E-state index in [0.717, 1.165) is 72.5 Å². The second-order valence-corrected chi connectivity index (χ2v) is 12.3. The summed E-state index contributed by atoms with van der Waals surface area (Å²) in [5.74, 6) is 0.136. The molecule has 7 aromatic carbocycles. The molecule has 9 aromatic rings. The summed E-state index contributed by atoms with van der Waals surface area (Å²) in [6.07, 6.45) is 1.49. The Bertz CT molecular complexity index is 2540. The molecule has 2 heterocycles. The molecule has 261 valence electrons. The summed E-state index contributed by atoms with van der Waals surface area (Å²) in [6.45, 7) is 1.50. The van der Waals surface area contributed by atoms with Crippen LogP contribution in [0, 0.1) is 12.1 Å². The third kappa shape index (κ3) is 7.26. The second-order valence-electron chi connectivity index (χ2n) is 12.3. The van der Waals surface area contributed by atoms with Crippen LogP contribution in [0.1, 0.15) is 24.5 Å². The minimum absolute atomic E-state index is 0. The van der Waals surface area contributed by atoms with E-state index in [1.165, 1.54) is 6.92 Å². The molecule has 8 nitrogen and oxygen atoms in total. The van der Waals surface area contributed by atoms with E-state index in [-0.39, 0.29) is 31.6 Å². The van der Waals surface area contributed by atoms with Crippen molar-refractivity contribution >= 4 is 55.2 Å². The number of hydrogen-bond acceptors (Lipinski definition) is 6. The van der Waals surface area contributed by atoms with Gasteiger partial charge < -0.3 is 5.11 Å². The first kappa shape index (κ1) is 35.1. The summed E-state index contributed by atoms with van der Waals surface area (Å²) in [5.41, 5.74) is 7.83. The van der Waals surface area contributed by atoms with Crippen LogP contribution in [-0.2, 0) is 31.3 Å². The summed E-state index contributed by atoms with van der Waals surface area (Å²) >= 11 is 0. The van der Waals surface area contributed by atoms with Crippen molar-refractivity contribution in [3.8, 4) is 11.4 Å². The maximum atomic E-state index is 11.2. The summed E-state index contributed by atoms with van der Waals surface area (Å²) in [6, 6.07) is 54.1. The molecule has 10 rings (SSSR count). The molecular formula is C44H32IrN6O2-2. The van der Waals surface area contributed by atoms with Gasteiger partial charge in [0, 0.05) is 31.2 Å². The number of nitrogens with zero attached hydrogens (tertiary/aromatic N) is 6. The topological polar surface area (TPSA) is 98.7 Å². The Kier molecular flexibility index (Phi) is 10.3. The number of fused-ring (bicyclic) bond motifs is 5. The molecule has 0 amide bonds. The van der Waals surface area contributed by atoms with E-state index in [2.05, 4.69) is 56.8 Å². The minimum Gasteiger partial charge on any atom is -0.507 e. The van der Waals surface area contributed by atoms with Crippen molar-refractivity contribution in [3.63, 3.8) is 0 Å². The van der Waals surface area contributed by atoms with Crippen molar-refractivity contribution in [3.05, 3.63) is 174 Å². The van der Waals surface area contributed by atoms with Crippen LogP contribution in [-0.4, -0.2) is 40.9 Å². The molecule has 53 heavy (non-hydrogen) atoms. The SMILES string of the molecule is CC(=O)C1=C(O)c2ccccc2CC1.[Ir].[c-]1ccc2ccccc2c1-n1nc2ccccc2n1.[c-]1ccc2ccccc2c1-n1nc2ccccc2n1. The molecule has 1 radical (unpaired) electrons. The summed E-state index contributed by atoms with van der Waals surface area (Å²) in [5, 5.41) is 32.4. The predicted octanol–water partition coefficient (Wildman–Crippen LogP) is 9.24. The molecule has 0 bridgehead atoms. The molecule has 0 atom stereocenters. The van der Waals surface area contributed by atoms with Crippen LogP contribution in [0.15, 0.2) is 151 Å². The maximum Gasteiger partial charge on any atom is 0.159 e. The van der Waals surface area contributed by atoms with Crippen LogP contribution in [0.5, 0.6) is 0 Å². The predicted molar refractivity (Wildman–Crippen MR) is 205 cm³/mol. The van der Waals surface area contributed by atoms with E-state index in [1.54, 1.807) is 9.59 Å². The molecule has 9 heteroatoms. The molecule has 1 aliphatic rings. The van der Waals surface area contributed by atoms with Crippen LogP contribution < -0.4 is 0 Å². The number of aliphatic hydroxyl groups is 1. The Morgan fingerprint density at radius 2 is 0.981 bits per heavy atom. The van der Waals surface area contributed by atoms with Crippen molar-refractivity contribution in [2.45, 2.75) is 19.8 Å². The Labute approximate surface area is 319 Å². The Morgan fingerprint density at radius 3 is 1.45 bits per heavy atom. The van der Waals surface area contributed by atoms with Crippen molar-refractivity contribution < 1.29 is 30.0 Å². The fourth-order valence-corrected chi connectivity index (χ4v) is 6.40. The van der Waals surface area contributed by atoms with Crippen LogP contribution in [0.3, 0.4) is 0 Å². The van der Waals surface area contributed by atoms with Gasteiger partial charge in [-0.3, -0.25) is 4.79 Å². The fourth-order valence-electron chi connectivity index (χ4n) is 6.40. The van der Waals surface area contributed by atoms with Gasteiger partial charge in [-0.25, -0.2) is 0 Å². The number of aryl methyl sites for hydroxylation is 1. The van der Waals surface area contributed by atoms with E-state index in [4.69, 9.17) is 0 Å². The van der Waals surface area contributed by atoms with E-state index >= 15 is 0 Å². The van der Waals surface area contributed by atoms with Gasteiger partial charge in [0.25, 0.3) is 0 Å². The molecule has 0 saturated carbocycles. The van der Waals surface area contributed by atoms with Gasteiger partial charge >= 0.3 is 0 Å². The number of Topliss-reactive ketones (excluding diaryl/α,β-unsaturated/α-hetero) is 1. The van der Waals surface area contributed by atoms with Crippen LogP contribution in [0.25, 0.3) is 60.7 Å². The van der Waals surface area contributed by atoms with E-state index < -0.39 is 0 Å². The van der Waals surface area contributed by atoms with E-state index in [9.17, 15) is 9.90 Å². The number of carbonyl (C=O) groups is 1. The van der Waals surface area contributed by atoms with Crippen molar-refractivity contribution in [2.24, 2.45) is 0 Å². The molecule has 1 N–H and O–H groups in total. The number of rotatable bonds is 3. The second kappa shape index (κ2) is 15.5. The molecule has 0 saturated heterocycles. The average molecular weight is 869 g/mol. The van der Waals surface area contributed by atoms with Crippen molar-refractivity contribution in [2.75, 3.05) is 0 Å². The zero-order valence-electron chi connectivity index (χ0n) is 28.6. The minimum atomic E-state index is -0.0306. The van der Waals surface area contributed by atoms with Gasteiger partial charge in [-0.05, 0) is 61.0 Å². The molecule has 1 aliphatic carbocycles. The first-order chi connectivity index (χ1) is 25.5. The number of allylic oxidation sites excluding steroid dienone is 1. The largest absolute Gasteiger partial charge is 0.507 e. The van der Waals surface area contributed by atoms with E-state index in [1.807, 2.05) is 121 Å². The van der Waals surface area contributed by atoms with Crippen LogP contribution >= 0.6 is 0 Å². The monoisotopic (exact) mass is 869 g/mol. The number of aromatic nitrogens is 6. The van der Waals surface area contributed by atoms with Gasteiger partial charge in [0.05, 0.1) is 0 Å². The normalized spacial score (nSPS) is 12.0. The number of ketones is 1. The first-order valence-corrected chi connectivity index (χ1v) is 17.0. The van der Waals surface area contributed by atoms with E-state index in [0.29, 0.717) is 12.0 Å². The molecule has 0 unspecified atom stereocenters.